The smallest absolute Gasteiger partial charge is 0.304 e. The van der Waals surface area contributed by atoms with Gasteiger partial charge in [-0.25, -0.2) is 8.42 Å². The van der Waals surface area contributed by atoms with Crippen LogP contribution in [0, 0.1) is 0 Å². The molecule has 2 heterocycles. The van der Waals surface area contributed by atoms with E-state index in [2.05, 4.69) is 0 Å². The largest absolute Gasteiger partial charge is 0.481 e. The zero-order valence-corrected chi connectivity index (χ0v) is 11.4. The maximum atomic E-state index is 12.1. The molecule has 1 aliphatic heterocycles. The lowest BCUT2D eigenvalue weighted by Crippen LogP contribution is -2.33. The number of sulfonamides is 1. The van der Waals surface area contributed by atoms with E-state index >= 15 is 0 Å². The fourth-order valence-corrected chi connectivity index (χ4v) is 4.79. The first kappa shape index (κ1) is 13.5. The van der Waals surface area contributed by atoms with Crippen LogP contribution in [-0.4, -0.2) is 36.1 Å². The Hall–Kier alpha value is -0.920. The van der Waals surface area contributed by atoms with Gasteiger partial charge in [0.2, 0.25) is 10.0 Å². The predicted octanol–water partition coefficient (Wildman–Crippen LogP) is 1.69. The van der Waals surface area contributed by atoms with Gasteiger partial charge in [0.15, 0.2) is 0 Å². The average Bonchev–Trinajstić information content (AvgIpc) is 2.96. The monoisotopic (exact) mass is 289 g/mol. The summed E-state index contributed by atoms with van der Waals surface area (Å²) >= 11 is 1.54. The molecule has 1 unspecified atom stereocenters. The van der Waals surface area contributed by atoms with Gasteiger partial charge in [0.05, 0.1) is 18.2 Å². The summed E-state index contributed by atoms with van der Waals surface area (Å²) in [5, 5.41) is 10.5. The molecule has 0 bridgehead atoms. The van der Waals surface area contributed by atoms with Crippen LogP contribution in [0.5, 0.6) is 0 Å². The second kappa shape index (κ2) is 5.38. The van der Waals surface area contributed by atoms with Crippen molar-refractivity contribution < 1.29 is 18.3 Å². The van der Waals surface area contributed by atoms with Crippen molar-refractivity contribution in [1.29, 1.82) is 0 Å². The summed E-state index contributed by atoms with van der Waals surface area (Å²) in [5.74, 6) is -1.39. The van der Waals surface area contributed by atoms with Gasteiger partial charge in [-0.2, -0.15) is 4.31 Å². The van der Waals surface area contributed by atoms with E-state index in [0.717, 1.165) is 17.7 Å². The lowest BCUT2D eigenvalue weighted by atomic mass is 10.2. The fraction of sp³-hybridized carbons (Fsp3) is 0.545. The summed E-state index contributed by atoms with van der Waals surface area (Å²) in [5.41, 5.74) is 0. The van der Waals surface area contributed by atoms with Gasteiger partial charge >= 0.3 is 5.97 Å². The standard InChI is InChI=1S/C11H15NO4S2/c13-11(14)5-8-18(15,16)12-6-1-3-9(12)10-4-2-7-17-10/h2,4,7,9H,1,3,5-6,8H2,(H,13,14). The van der Waals surface area contributed by atoms with E-state index in [9.17, 15) is 13.2 Å². The van der Waals surface area contributed by atoms with Gasteiger partial charge in [-0.1, -0.05) is 6.07 Å². The highest BCUT2D eigenvalue weighted by molar-refractivity contribution is 7.89. The van der Waals surface area contributed by atoms with Crippen molar-refractivity contribution in [3.05, 3.63) is 22.4 Å². The van der Waals surface area contributed by atoms with Crippen LogP contribution >= 0.6 is 11.3 Å². The van der Waals surface area contributed by atoms with Crippen LogP contribution in [0.25, 0.3) is 0 Å². The van der Waals surface area contributed by atoms with Crippen molar-refractivity contribution in [2.75, 3.05) is 12.3 Å². The minimum absolute atomic E-state index is 0.108. The molecule has 1 N–H and O–H groups in total. The number of hydrogen-bond acceptors (Lipinski definition) is 4. The minimum Gasteiger partial charge on any atom is -0.481 e. The molecule has 0 radical (unpaired) electrons. The first-order valence-corrected chi connectivity index (χ1v) is 8.24. The molecular formula is C11H15NO4S2. The molecule has 0 amide bonds. The zero-order chi connectivity index (χ0) is 13.2. The van der Waals surface area contributed by atoms with Crippen LogP contribution in [-0.2, 0) is 14.8 Å². The Morgan fingerprint density at radius 3 is 2.94 bits per heavy atom. The van der Waals surface area contributed by atoms with Crippen LogP contribution in [0.1, 0.15) is 30.2 Å². The number of aliphatic carboxylic acids is 1. The molecule has 1 aromatic rings. The molecule has 5 nitrogen and oxygen atoms in total. The molecule has 0 aliphatic carbocycles. The van der Waals surface area contributed by atoms with E-state index in [1.165, 1.54) is 4.31 Å². The number of carboxylic acids is 1. The molecule has 1 saturated heterocycles. The Bertz CT molecular complexity index is 509. The topological polar surface area (TPSA) is 74.7 Å². The van der Waals surface area contributed by atoms with E-state index in [4.69, 9.17) is 5.11 Å². The van der Waals surface area contributed by atoms with Crippen LogP contribution in [0.4, 0.5) is 0 Å². The van der Waals surface area contributed by atoms with Gasteiger partial charge in [0, 0.05) is 11.4 Å². The number of nitrogens with zero attached hydrogens (tertiary/aromatic N) is 1. The maximum absolute atomic E-state index is 12.1. The molecule has 0 saturated carbocycles. The van der Waals surface area contributed by atoms with Gasteiger partial charge < -0.3 is 5.11 Å². The van der Waals surface area contributed by atoms with E-state index in [1.807, 2.05) is 17.5 Å². The number of rotatable bonds is 5. The van der Waals surface area contributed by atoms with Crippen LogP contribution in [0.2, 0.25) is 0 Å². The van der Waals surface area contributed by atoms with Crippen molar-refractivity contribution in [1.82, 2.24) is 4.31 Å². The van der Waals surface area contributed by atoms with Crippen molar-refractivity contribution in [3.63, 3.8) is 0 Å². The number of thiophene rings is 1. The maximum Gasteiger partial charge on any atom is 0.304 e. The molecule has 2 rings (SSSR count). The Morgan fingerprint density at radius 1 is 1.56 bits per heavy atom. The molecule has 1 aromatic heterocycles. The van der Waals surface area contributed by atoms with Gasteiger partial charge in [-0.3, -0.25) is 4.79 Å². The van der Waals surface area contributed by atoms with Gasteiger partial charge in [-0.05, 0) is 24.3 Å². The van der Waals surface area contributed by atoms with Crippen LogP contribution in [0.3, 0.4) is 0 Å². The highest BCUT2D eigenvalue weighted by Crippen LogP contribution is 2.36. The fourth-order valence-electron chi connectivity index (χ4n) is 2.17. The Labute approximate surface area is 110 Å². The summed E-state index contributed by atoms with van der Waals surface area (Å²) in [4.78, 5) is 11.5. The molecule has 7 heteroatoms. The predicted molar refractivity (Wildman–Crippen MR) is 69.0 cm³/mol. The lowest BCUT2D eigenvalue weighted by Gasteiger charge is -2.22. The quantitative estimate of drug-likeness (QED) is 0.895. The summed E-state index contributed by atoms with van der Waals surface area (Å²) in [6, 6.07) is 3.73. The van der Waals surface area contributed by atoms with E-state index < -0.39 is 16.0 Å². The molecule has 1 atom stereocenters. The number of carboxylic acid groups (broad SMARTS) is 1. The second-order valence-corrected chi connectivity index (χ2v) is 7.26. The molecular weight excluding hydrogens is 274 g/mol. The van der Waals surface area contributed by atoms with Crippen molar-refractivity contribution in [2.45, 2.75) is 25.3 Å². The first-order valence-electron chi connectivity index (χ1n) is 5.75. The zero-order valence-electron chi connectivity index (χ0n) is 9.78. The Morgan fingerprint density at radius 2 is 2.33 bits per heavy atom. The third kappa shape index (κ3) is 2.90. The molecule has 1 aliphatic rings. The first-order chi connectivity index (χ1) is 8.50. The van der Waals surface area contributed by atoms with Crippen molar-refractivity contribution >= 4 is 27.3 Å². The molecule has 100 valence electrons. The number of carbonyl (C=O) groups is 1. The number of hydrogen-bond donors (Lipinski definition) is 1. The third-order valence-electron chi connectivity index (χ3n) is 3.01. The molecule has 0 aromatic carbocycles. The second-order valence-electron chi connectivity index (χ2n) is 4.24. The highest BCUT2D eigenvalue weighted by atomic mass is 32.2. The van der Waals surface area contributed by atoms with E-state index in [0.29, 0.717) is 6.54 Å². The van der Waals surface area contributed by atoms with E-state index in [-0.39, 0.29) is 18.2 Å². The third-order valence-corrected chi connectivity index (χ3v) is 5.85. The lowest BCUT2D eigenvalue weighted by molar-refractivity contribution is -0.136. The Kier molecular flexibility index (Phi) is 4.04. The molecule has 0 spiro atoms. The molecule has 1 fully saturated rings. The summed E-state index contributed by atoms with van der Waals surface area (Å²) in [6.45, 7) is 0.491. The van der Waals surface area contributed by atoms with Crippen molar-refractivity contribution in [3.8, 4) is 0 Å². The van der Waals surface area contributed by atoms with Crippen molar-refractivity contribution in [2.24, 2.45) is 0 Å². The Balaban J connectivity index is 2.14. The average molecular weight is 289 g/mol. The van der Waals surface area contributed by atoms with Crippen LogP contribution < -0.4 is 0 Å². The highest BCUT2D eigenvalue weighted by Gasteiger charge is 2.35. The summed E-state index contributed by atoms with van der Waals surface area (Å²) in [6.07, 6.45) is 1.30. The summed E-state index contributed by atoms with van der Waals surface area (Å²) in [7, 11) is -3.47. The van der Waals surface area contributed by atoms with Gasteiger partial charge in [0.1, 0.15) is 0 Å². The minimum atomic E-state index is -3.47. The van der Waals surface area contributed by atoms with Gasteiger partial charge in [-0.15, -0.1) is 11.3 Å². The SMILES string of the molecule is O=C(O)CCS(=O)(=O)N1CCCC1c1cccs1. The summed E-state index contributed by atoms with van der Waals surface area (Å²) < 4.78 is 25.7. The van der Waals surface area contributed by atoms with Gasteiger partial charge in [0.25, 0.3) is 0 Å². The van der Waals surface area contributed by atoms with E-state index in [1.54, 1.807) is 11.3 Å². The van der Waals surface area contributed by atoms with Crippen LogP contribution in [0.15, 0.2) is 17.5 Å². The molecule has 18 heavy (non-hydrogen) atoms. The normalized spacial score (nSPS) is 21.2.